The van der Waals surface area contributed by atoms with Gasteiger partial charge >= 0.3 is 0 Å². The molecule has 7 heteroatoms. The Bertz CT molecular complexity index is 590. The lowest BCUT2D eigenvalue weighted by Crippen LogP contribution is -2.40. The number of nitrogens with one attached hydrogen (secondary N) is 1. The van der Waals surface area contributed by atoms with Gasteiger partial charge in [-0.1, -0.05) is 11.4 Å². The molecule has 1 amide bonds. The minimum absolute atomic E-state index is 0.0552. The summed E-state index contributed by atoms with van der Waals surface area (Å²) >= 11 is 1.17. The van der Waals surface area contributed by atoms with Crippen LogP contribution in [0.2, 0.25) is 0 Å². The molecule has 19 heavy (non-hydrogen) atoms. The topological polar surface area (TPSA) is 72.7 Å². The molecule has 0 saturated carbocycles. The van der Waals surface area contributed by atoms with Crippen LogP contribution in [0.5, 0.6) is 0 Å². The summed E-state index contributed by atoms with van der Waals surface area (Å²) in [5, 5.41) is 7.04. The van der Waals surface area contributed by atoms with Crippen LogP contribution in [-0.2, 0) is 19.4 Å². The van der Waals surface area contributed by atoms with Crippen molar-refractivity contribution >= 4 is 17.4 Å². The second kappa shape index (κ2) is 5.08. The first kappa shape index (κ1) is 12.3. The third kappa shape index (κ3) is 2.37. The third-order valence-electron chi connectivity index (χ3n) is 3.37. The molecule has 0 saturated heterocycles. The number of aromatic nitrogens is 4. The summed E-state index contributed by atoms with van der Waals surface area (Å²) in [4.78, 5) is 17.1. The van der Waals surface area contributed by atoms with Gasteiger partial charge < -0.3 is 9.88 Å². The fourth-order valence-electron chi connectivity index (χ4n) is 2.35. The van der Waals surface area contributed by atoms with Gasteiger partial charge in [-0.05, 0) is 24.4 Å². The first-order valence-electron chi connectivity index (χ1n) is 6.40. The van der Waals surface area contributed by atoms with Crippen LogP contribution in [0.4, 0.5) is 0 Å². The summed E-state index contributed by atoms with van der Waals surface area (Å²) in [6.45, 7) is 2.76. The molecule has 3 heterocycles. The van der Waals surface area contributed by atoms with Crippen molar-refractivity contribution in [2.75, 3.05) is 0 Å². The van der Waals surface area contributed by atoms with Gasteiger partial charge in [-0.15, -0.1) is 5.10 Å². The smallest absolute Gasteiger partial charge is 0.265 e. The predicted molar refractivity (Wildman–Crippen MR) is 71.1 cm³/mol. The summed E-state index contributed by atoms with van der Waals surface area (Å²) < 4.78 is 5.95. The van der Waals surface area contributed by atoms with E-state index in [4.69, 9.17) is 0 Å². The summed E-state index contributed by atoms with van der Waals surface area (Å²) in [7, 11) is 0. The molecule has 2 aromatic rings. The monoisotopic (exact) mass is 277 g/mol. The standard InChI is InChI=1S/C12H15N5OS/c1-2-9-11(19-16-15-9)12(18)14-8-3-4-10-13-5-6-17(10)7-8/h5-6,8H,2-4,7H2,1H3,(H,14,18). The molecule has 0 radical (unpaired) electrons. The van der Waals surface area contributed by atoms with Gasteiger partial charge in [0.05, 0.1) is 5.69 Å². The normalized spacial score (nSPS) is 18.1. The molecule has 0 aromatic carbocycles. The average Bonchev–Trinajstić information content (AvgIpc) is 3.06. The van der Waals surface area contributed by atoms with Crippen LogP contribution in [0.25, 0.3) is 0 Å². The van der Waals surface area contributed by atoms with Crippen molar-refractivity contribution < 1.29 is 4.79 Å². The highest BCUT2D eigenvalue weighted by molar-refractivity contribution is 7.08. The number of carbonyl (C=O) groups is 1. The Kier molecular flexibility index (Phi) is 3.29. The van der Waals surface area contributed by atoms with Crippen molar-refractivity contribution in [2.24, 2.45) is 0 Å². The number of carbonyl (C=O) groups excluding carboxylic acids is 1. The van der Waals surface area contributed by atoms with Crippen molar-refractivity contribution in [3.05, 3.63) is 28.8 Å². The molecule has 1 unspecified atom stereocenters. The van der Waals surface area contributed by atoms with E-state index >= 15 is 0 Å². The second-order valence-corrected chi connectivity index (χ2v) is 5.36. The van der Waals surface area contributed by atoms with Crippen LogP contribution in [0.3, 0.4) is 0 Å². The molecule has 0 spiro atoms. The van der Waals surface area contributed by atoms with Gasteiger partial charge in [0, 0.05) is 31.4 Å². The molecule has 0 aliphatic carbocycles. The lowest BCUT2D eigenvalue weighted by atomic mass is 10.1. The van der Waals surface area contributed by atoms with Gasteiger partial charge in [0.25, 0.3) is 5.91 Å². The third-order valence-corrected chi connectivity index (χ3v) is 4.13. The molecule has 100 valence electrons. The second-order valence-electron chi connectivity index (χ2n) is 4.61. The van der Waals surface area contributed by atoms with Crippen molar-refractivity contribution in [2.45, 2.75) is 38.8 Å². The Balaban J connectivity index is 1.68. The Hall–Kier alpha value is -1.76. The SMILES string of the molecule is CCc1nnsc1C(=O)NC1CCc2nccn2C1. The molecule has 6 nitrogen and oxygen atoms in total. The number of fused-ring (bicyclic) bond motifs is 1. The van der Waals surface area contributed by atoms with Crippen LogP contribution >= 0.6 is 11.5 Å². The van der Waals surface area contributed by atoms with Gasteiger partial charge in [0.1, 0.15) is 10.7 Å². The molecular formula is C12H15N5OS. The number of hydrogen-bond acceptors (Lipinski definition) is 5. The zero-order valence-electron chi connectivity index (χ0n) is 10.7. The minimum Gasteiger partial charge on any atom is -0.347 e. The van der Waals surface area contributed by atoms with E-state index in [1.807, 2.05) is 19.3 Å². The summed E-state index contributed by atoms with van der Waals surface area (Å²) in [6.07, 6.45) is 6.33. The molecule has 3 rings (SSSR count). The number of rotatable bonds is 3. The van der Waals surface area contributed by atoms with E-state index in [-0.39, 0.29) is 11.9 Å². The van der Waals surface area contributed by atoms with Crippen molar-refractivity contribution in [3.63, 3.8) is 0 Å². The minimum atomic E-state index is -0.0552. The highest BCUT2D eigenvalue weighted by Gasteiger charge is 2.23. The van der Waals surface area contributed by atoms with E-state index in [0.29, 0.717) is 4.88 Å². The Morgan fingerprint density at radius 2 is 2.53 bits per heavy atom. The highest BCUT2D eigenvalue weighted by atomic mass is 32.1. The average molecular weight is 277 g/mol. The zero-order chi connectivity index (χ0) is 13.2. The van der Waals surface area contributed by atoms with Gasteiger partial charge in [-0.2, -0.15) is 0 Å². The number of imidazole rings is 1. The van der Waals surface area contributed by atoms with Gasteiger partial charge in [0.15, 0.2) is 0 Å². The van der Waals surface area contributed by atoms with Crippen LogP contribution in [0.1, 0.15) is 34.5 Å². The summed E-state index contributed by atoms with van der Waals surface area (Å²) in [6, 6.07) is 0.154. The van der Waals surface area contributed by atoms with E-state index in [2.05, 4.69) is 24.5 Å². The van der Waals surface area contributed by atoms with Crippen LogP contribution in [0.15, 0.2) is 12.4 Å². The van der Waals surface area contributed by atoms with E-state index in [9.17, 15) is 4.79 Å². The summed E-state index contributed by atoms with van der Waals surface area (Å²) in [5.41, 5.74) is 0.779. The van der Waals surface area contributed by atoms with Crippen LogP contribution in [0, 0.1) is 0 Å². The van der Waals surface area contributed by atoms with Crippen LogP contribution in [-0.4, -0.2) is 31.1 Å². The largest absolute Gasteiger partial charge is 0.347 e. The van der Waals surface area contributed by atoms with E-state index in [0.717, 1.165) is 37.3 Å². The lowest BCUT2D eigenvalue weighted by molar-refractivity contribution is 0.0930. The number of nitrogens with zero attached hydrogens (tertiary/aromatic N) is 4. The predicted octanol–water partition coefficient (Wildman–Crippen LogP) is 1.04. The zero-order valence-corrected chi connectivity index (χ0v) is 11.5. The van der Waals surface area contributed by atoms with Crippen LogP contribution < -0.4 is 5.32 Å². The van der Waals surface area contributed by atoms with E-state index in [1.54, 1.807) is 0 Å². The quantitative estimate of drug-likeness (QED) is 0.910. The Labute approximate surface area is 115 Å². The molecule has 1 aliphatic rings. The van der Waals surface area contributed by atoms with Gasteiger partial charge in [-0.25, -0.2) is 4.98 Å². The fraction of sp³-hybridized carbons (Fsp3) is 0.500. The Morgan fingerprint density at radius 1 is 1.63 bits per heavy atom. The molecule has 1 atom stereocenters. The van der Waals surface area contributed by atoms with Gasteiger partial charge in [0.2, 0.25) is 0 Å². The first-order chi connectivity index (χ1) is 9.28. The van der Waals surface area contributed by atoms with E-state index in [1.165, 1.54) is 11.5 Å². The van der Waals surface area contributed by atoms with Crippen molar-refractivity contribution in [1.29, 1.82) is 0 Å². The maximum atomic E-state index is 12.2. The molecule has 1 N–H and O–H groups in total. The van der Waals surface area contributed by atoms with Gasteiger partial charge in [-0.3, -0.25) is 4.79 Å². The lowest BCUT2D eigenvalue weighted by Gasteiger charge is -2.24. The maximum absolute atomic E-state index is 12.2. The number of aryl methyl sites for hydroxylation is 2. The number of hydrogen-bond donors (Lipinski definition) is 1. The molecule has 0 bridgehead atoms. The molecule has 2 aromatic heterocycles. The molecule has 0 fully saturated rings. The fourth-order valence-corrected chi connectivity index (χ4v) is 3.00. The molecular weight excluding hydrogens is 262 g/mol. The number of amides is 1. The van der Waals surface area contributed by atoms with Crippen molar-refractivity contribution in [1.82, 2.24) is 24.5 Å². The first-order valence-corrected chi connectivity index (χ1v) is 7.17. The maximum Gasteiger partial charge on any atom is 0.265 e. The summed E-state index contributed by atoms with van der Waals surface area (Å²) in [5.74, 6) is 1.04. The van der Waals surface area contributed by atoms with E-state index < -0.39 is 0 Å². The van der Waals surface area contributed by atoms with Crippen molar-refractivity contribution in [3.8, 4) is 0 Å². The Morgan fingerprint density at radius 3 is 3.37 bits per heavy atom. The molecule has 1 aliphatic heterocycles. The highest BCUT2D eigenvalue weighted by Crippen LogP contribution is 2.15.